The molecule has 0 atom stereocenters. The molecule has 0 radical (unpaired) electrons. The van der Waals surface area contributed by atoms with Gasteiger partial charge in [0.1, 0.15) is 0 Å². The molecule has 0 aliphatic carbocycles. The van der Waals surface area contributed by atoms with Gasteiger partial charge in [-0.05, 0) is 53.6 Å². The summed E-state index contributed by atoms with van der Waals surface area (Å²) >= 11 is 0. The lowest BCUT2D eigenvalue weighted by Crippen LogP contribution is -2.07. The van der Waals surface area contributed by atoms with Gasteiger partial charge in [-0.15, -0.1) is 0 Å². The average Bonchev–Trinajstić information content (AvgIpc) is 3.31. The maximum Gasteiger partial charge on any atom is 0.248 e. The topological polar surface area (TPSA) is 73.6 Å². The molecule has 0 aliphatic heterocycles. The van der Waals surface area contributed by atoms with E-state index in [9.17, 15) is 4.79 Å². The molecular weight excluding hydrogens is 312 g/mol. The number of hydrogen-bond acceptors (Lipinski definition) is 2. The molecule has 3 heterocycles. The number of nitrogens with one attached hydrogen (secondary N) is 3. The van der Waals surface area contributed by atoms with E-state index in [2.05, 4.69) is 20.3 Å². The van der Waals surface area contributed by atoms with Crippen LogP contribution in [-0.2, 0) is 4.79 Å². The number of benzene rings is 1. The summed E-state index contributed by atoms with van der Waals surface area (Å²) in [5.74, 6) is -0.182. The van der Waals surface area contributed by atoms with Gasteiger partial charge in [0.05, 0.1) is 0 Å². The van der Waals surface area contributed by atoms with Crippen molar-refractivity contribution in [3.05, 3.63) is 79.0 Å². The molecule has 4 rings (SSSR count). The Morgan fingerprint density at radius 3 is 2.96 bits per heavy atom. The second-order valence-corrected chi connectivity index (χ2v) is 5.66. The molecule has 1 aromatic carbocycles. The van der Waals surface area contributed by atoms with E-state index in [1.807, 2.05) is 55.0 Å². The third-order valence-electron chi connectivity index (χ3n) is 4.00. The number of pyridine rings is 1. The van der Waals surface area contributed by atoms with E-state index in [4.69, 9.17) is 0 Å². The fraction of sp³-hybridized carbons (Fsp3) is 0. The van der Waals surface area contributed by atoms with Gasteiger partial charge < -0.3 is 15.3 Å². The Bertz CT molecular complexity index is 1040. The lowest BCUT2D eigenvalue weighted by molar-refractivity contribution is -0.111. The Labute approximate surface area is 144 Å². The summed E-state index contributed by atoms with van der Waals surface area (Å²) in [6, 6.07) is 11.6. The van der Waals surface area contributed by atoms with E-state index in [-0.39, 0.29) is 5.91 Å². The van der Waals surface area contributed by atoms with Crippen molar-refractivity contribution < 1.29 is 4.79 Å². The van der Waals surface area contributed by atoms with Crippen LogP contribution in [0.25, 0.3) is 28.1 Å². The van der Waals surface area contributed by atoms with E-state index >= 15 is 0 Å². The van der Waals surface area contributed by atoms with Gasteiger partial charge >= 0.3 is 0 Å². The Balaban J connectivity index is 1.53. The van der Waals surface area contributed by atoms with Crippen molar-refractivity contribution in [2.45, 2.75) is 0 Å². The van der Waals surface area contributed by atoms with Crippen LogP contribution in [0.5, 0.6) is 0 Å². The summed E-state index contributed by atoms with van der Waals surface area (Å²) < 4.78 is 0. The van der Waals surface area contributed by atoms with E-state index in [1.165, 1.54) is 6.08 Å². The Morgan fingerprint density at radius 2 is 2.08 bits per heavy atom. The monoisotopic (exact) mass is 328 g/mol. The molecular formula is C20H16N4O. The van der Waals surface area contributed by atoms with Crippen LogP contribution in [-0.4, -0.2) is 20.9 Å². The predicted octanol–water partition coefficient (Wildman–Crippen LogP) is 4.21. The zero-order valence-corrected chi connectivity index (χ0v) is 13.4. The van der Waals surface area contributed by atoms with Gasteiger partial charge in [-0.25, -0.2) is 0 Å². The molecule has 5 heteroatoms. The maximum atomic E-state index is 12.2. The van der Waals surface area contributed by atoms with Gasteiger partial charge in [0.25, 0.3) is 0 Å². The first kappa shape index (κ1) is 15.0. The molecule has 0 fully saturated rings. The minimum absolute atomic E-state index is 0.182. The van der Waals surface area contributed by atoms with Crippen molar-refractivity contribution in [2.75, 3.05) is 5.32 Å². The first-order chi connectivity index (χ1) is 12.3. The van der Waals surface area contributed by atoms with Crippen molar-refractivity contribution in [3.8, 4) is 11.1 Å². The molecule has 0 saturated heterocycles. The smallest absolute Gasteiger partial charge is 0.248 e. The summed E-state index contributed by atoms with van der Waals surface area (Å²) in [7, 11) is 0. The molecule has 0 spiro atoms. The maximum absolute atomic E-state index is 12.2. The lowest BCUT2D eigenvalue weighted by Gasteiger charge is -2.04. The van der Waals surface area contributed by atoms with E-state index in [0.29, 0.717) is 0 Å². The normalized spacial score (nSPS) is 11.2. The molecule has 0 unspecified atom stereocenters. The number of fused-ring (bicyclic) bond motifs is 1. The number of amides is 1. The number of carbonyl (C=O) groups excluding carboxylic acids is 1. The highest BCUT2D eigenvalue weighted by atomic mass is 16.1. The minimum atomic E-state index is -0.182. The van der Waals surface area contributed by atoms with Crippen LogP contribution in [0, 0.1) is 0 Å². The summed E-state index contributed by atoms with van der Waals surface area (Å²) in [6.45, 7) is 0. The van der Waals surface area contributed by atoms with Gasteiger partial charge in [0.2, 0.25) is 5.91 Å². The molecule has 0 aliphatic rings. The number of H-pyrrole nitrogens is 2. The molecule has 3 aromatic heterocycles. The third-order valence-corrected chi connectivity index (χ3v) is 4.00. The number of aromatic nitrogens is 3. The van der Waals surface area contributed by atoms with Crippen molar-refractivity contribution in [3.63, 3.8) is 0 Å². The number of aromatic amines is 2. The fourth-order valence-corrected chi connectivity index (χ4v) is 2.77. The van der Waals surface area contributed by atoms with Gasteiger partial charge in [-0.2, -0.15) is 0 Å². The SMILES string of the molecule is O=C(/C=C/c1cnccc1-c1cc[nH]c1)Nc1ccc2[nH]ccc2c1. The molecule has 0 saturated carbocycles. The summed E-state index contributed by atoms with van der Waals surface area (Å²) in [6.07, 6.45) is 12.4. The van der Waals surface area contributed by atoms with Crippen LogP contribution in [0.2, 0.25) is 0 Å². The summed E-state index contributed by atoms with van der Waals surface area (Å²) in [4.78, 5) is 22.5. The van der Waals surface area contributed by atoms with Crippen LogP contribution >= 0.6 is 0 Å². The first-order valence-electron chi connectivity index (χ1n) is 7.93. The van der Waals surface area contributed by atoms with Crippen LogP contribution < -0.4 is 5.32 Å². The van der Waals surface area contributed by atoms with E-state index < -0.39 is 0 Å². The van der Waals surface area contributed by atoms with Crippen molar-refractivity contribution in [2.24, 2.45) is 0 Å². The number of hydrogen-bond donors (Lipinski definition) is 3. The Kier molecular flexibility index (Phi) is 3.88. The Hall–Kier alpha value is -3.60. The standard InChI is InChI=1S/C20H16N4O/c25-20(24-17-2-3-19-14(11-17)6-10-23-19)4-1-15-12-22-9-7-18(15)16-5-8-21-13-16/h1-13,21,23H,(H,24,25)/b4-1+. The molecule has 122 valence electrons. The van der Waals surface area contributed by atoms with Crippen LogP contribution in [0.15, 0.2) is 73.5 Å². The zero-order chi connectivity index (χ0) is 17.1. The van der Waals surface area contributed by atoms with Gasteiger partial charge in [-0.3, -0.25) is 9.78 Å². The molecule has 4 aromatic rings. The van der Waals surface area contributed by atoms with E-state index in [0.717, 1.165) is 33.3 Å². The second-order valence-electron chi connectivity index (χ2n) is 5.66. The van der Waals surface area contributed by atoms with Crippen molar-refractivity contribution >= 4 is 28.6 Å². The van der Waals surface area contributed by atoms with Crippen LogP contribution in [0.1, 0.15) is 5.56 Å². The molecule has 3 N–H and O–H groups in total. The molecule has 1 amide bonds. The zero-order valence-electron chi connectivity index (χ0n) is 13.4. The first-order valence-corrected chi connectivity index (χ1v) is 7.93. The number of anilines is 1. The van der Waals surface area contributed by atoms with Crippen molar-refractivity contribution in [1.82, 2.24) is 15.0 Å². The lowest BCUT2D eigenvalue weighted by atomic mass is 10.0. The molecule has 25 heavy (non-hydrogen) atoms. The second kappa shape index (κ2) is 6.49. The van der Waals surface area contributed by atoms with Gasteiger partial charge in [0, 0.05) is 59.2 Å². The van der Waals surface area contributed by atoms with Crippen molar-refractivity contribution in [1.29, 1.82) is 0 Å². The number of nitrogens with zero attached hydrogens (tertiary/aromatic N) is 1. The molecule has 5 nitrogen and oxygen atoms in total. The quantitative estimate of drug-likeness (QED) is 0.491. The number of rotatable bonds is 4. The van der Waals surface area contributed by atoms with E-state index in [1.54, 1.807) is 18.5 Å². The van der Waals surface area contributed by atoms with Crippen LogP contribution in [0.4, 0.5) is 5.69 Å². The van der Waals surface area contributed by atoms with Gasteiger partial charge in [-0.1, -0.05) is 0 Å². The Morgan fingerprint density at radius 1 is 1.12 bits per heavy atom. The summed E-state index contributed by atoms with van der Waals surface area (Å²) in [5.41, 5.74) is 4.77. The summed E-state index contributed by atoms with van der Waals surface area (Å²) in [5, 5.41) is 3.94. The third kappa shape index (κ3) is 3.21. The average molecular weight is 328 g/mol. The largest absolute Gasteiger partial charge is 0.367 e. The highest BCUT2D eigenvalue weighted by Crippen LogP contribution is 2.23. The van der Waals surface area contributed by atoms with Crippen LogP contribution in [0.3, 0.4) is 0 Å². The van der Waals surface area contributed by atoms with Gasteiger partial charge in [0.15, 0.2) is 0 Å². The number of carbonyl (C=O) groups is 1. The predicted molar refractivity (Wildman–Crippen MR) is 100.0 cm³/mol. The highest BCUT2D eigenvalue weighted by molar-refractivity contribution is 6.03. The molecule has 0 bridgehead atoms. The fourth-order valence-electron chi connectivity index (χ4n) is 2.77. The highest BCUT2D eigenvalue weighted by Gasteiger charge is 2.04. The minimum Gasteiger partial charge on any atom is -0.367 e.